The summed E-state index contributed by atoms with van der Waals surface area (Å²) in [6.07, 6.45) is 6.02. The van der Waals surface area contributed by atoms with Crippen molar-refractivity contribution in [1.29, 1.82) is 0 Å². The number of rotatable bonds is 7. The van der Waals surface area contributed by atoms with Crippen LogP contribution in [0.1, 0.15) is 44.0 Å². The van der Waals surface area contributed by atoms with Gasteiger partial charge in [-0.15, -0.1) is 0 Å². The molecule has 0 radical (unpaired) electrons. The maximum Gasteiger partial charge on any atom is 0.251 e. The van der Waals surface area contributed by atoms with E-state index < -0.39 is 5.60 Å². The van der Waals surface area contributed by atoms with Crippen molar-refractivity contribution < 1.29 is 9.90 Å². The summed E-state index contributed by atoms with van der Waals surface area (Å²) in [5.41, 5.74) is -0.452. The third-order valence-electron chi connectivity index (χ3n) is 3.55. The summed E-state index contributed by atoms with van der Waals surface area (Å²) in [6, 6.07) is 3.26. The van der Waals surface area contributed by atoms with Gasteiger partial charge < -0.3 is 10.4 Å². The van der Waals surface area contributed by atoms with Crippen LogP contribution < -0.4 is 5.32 Å². The van der Waals surface area contributed by atoms with Gasteiger partial charge in [0, 0.05) is 18.3 Å². The van der Waals surface area contributed by atoms with Gasteiger partial charge in [0.05, 0.1) is 5.60 Å². The number of hydrogen-bond acceptors (Lipinski definition) is 5. The Morgan fingerprint density at radius 2 is 2.26 bits per heavy atom. The molecule has 7 nitrogen and oxygen atoms in total. The maximum absolute atomic E-state index is 12.3. The highest BCUT2D eigenvalue weighted by Crippen LogP contribution is 2.15. The molecule has 0 aliphatic carbocycles. The number of aliphatic hydroxyl groups is 1. The lowest BCUT2D eigenvalue weighted by atomic mass is 9.95. The second-order valence-corrected chi connectivity index (χ2v) is 6.35. The summed E-state index contributed by atoms with van der Waals surface area (Å²) in [5.74, 6) is 0.780. The highest BCUT2D eigenvalue weighted by atomic mass is 16.3. The van der Waals surface area contributed by atoms with Crippen LogP contribution in [-0.2, 0) is 0 Å². The first-order valence-electron chi connectivity index (χ1n) is 7.69. The monoisotopic (exact) mass is 317 g/mol. The topological polar surface area (TPSA) is 92.9 Å². The molecule has 0 bridgehead atoms. The lowest BCUT2D eigenvalue weighted by molar-refractivity contribution is 0.0429. The summed E-state index contributed by atoms with van der Waals surface area (Å²) >= 11 is 0. The van der Waals surface area contributed by atoms with Gasteiger partial charge in [0.25, 0.3) is 5.91 Å². The minimum absolute atomic E-state index is 0.208. The van der Waals surface area contributed by atoms with Crippen molar-refractivity contribution in [3.05, 3.63) is 36.5 Å². The van der Waals surface area contributed by atoms with E-state index in [-0.39, 0.29) is 12.5 Å². The van der Waals surface area contributed by atoms with Crippen molar-refractivity contribution in [2.75, 3.05) is 6.54 Å². The Bertz CT molecular complexity index is 638. The average molecular weight is 317 g/mol. The lowest BCUT2D eigenvalue weighted by Gasteiger charge is -2.24. The second-order valence-electron chi connectivity index (χ2n) is 6.35. The van der Waals surface area contributed by atoms with Crippen molar-refractivity contribution in [3.8, 4) is 5.82 Å². The number of carbonyl (C=O) groups is 1. The van der Waals surface area contributed by atoms with Gasteiger partial charge in [-0.3, -0.25) is 4.79 Å². The summed E-state index contributed by atoms with van der Waals surface area (Å²) in [7, 11) is 0. The predicted octanol–water partition coefficient (Wildman–Crippen LogP) is 1.58. The first-order chi connectivity index (χ1) is 10.9. The molecule has 7 heteroatoms. The van der Waals surface area contributed by atoms with E-state index in [4.69, 9.17) is 0 Å². The second kappa shape index (κ2) is 7.32. The van der Waals surface area contributed by atoms with Gasteiger partial charge in [-0.25, -0.2) is 14.6 Å². The van der Waals surface area contributed by atoms with Crippen molar-refractivity contribution in [2.24, 2.45) is 5.92 Å². The number of nitrogens with one attached hydrogen (secondary N) is 1. The molecule has 0 aliphatic rings. The molecule has 2 rings (SSSR count). The smallest absolute Gasteiger partial charge is 0.251 e. The van der Waals surface area contributed by atoms with E-state index >= 15 is 0 Å². The molecule has 1 atom stereocenters. The average Bonchev–Trinajstić information content (AvgIpc) is 3.05. The van der Waals surface area contributed by atoms with Gasteiger partial charge in [0.1, 0.15) is 12.7 Å². The Balaban J connectivity index is 1.97. The number of nitrogens with zero attached hydrogens (tertiary/aromatic N) is 4. The van der Waals surface area contributed by atoms with Crippen molar-refractivity contribution >= 4 is 5.91 Å². The predicted molar refractivity (Wildman–Crippen MR) is 86.2 cm³/mol. The van der Waals surface area contributed by atoms with Gasteiger partial charge >= 0.3 is 0 Å². The minimum Gasteiger partial charge on any atom is -0.388 e. The summed E-state index contributed by atoms with van der Waals surface area (Å²) in [4.78, 5) is 20.3. The molecule has 2 N–H and O–H groups in total. The fourth-order valence-corrected chi connectivity index (χ4v) is 2.07. The highest BCUT2D eigenvalue weighted by Gasteiger charge is 2.21. The molecule has 2 aromatic rings. The zero-order chi connectivity index (χ0) is 16.9. The largest absolute Gasteiger partial charge is 0.388 e. The summed E-state index contributed by atoms with van der Waals surface area (Å²) < 4.78 is 1.48. The Kier molecular flexibility index (Phi) is 5.44. The first-order valence-corrected chi connectivity index (χ1v) is 7.69. The van der Waals surface area contributed by atoms with Crippen LogP contribution >= 0.6 is 0 Å². The van der Waals surface area contributed by atoms with Gasteiger partial charge in [-0.05, 0) is 37.8 Å². The minimum atomic E-state index is -0.915. The first kappa shape index (κ1) is 17.1. The van der Waals surface area contributed by atoms with E-state index in [1.807, 2.05) is 0 Å². The maximum atomic E-state index is 12.3. The number of aromatic nitrogens is 4. The number of hydrogen-bond donors (Lipinski definition) is 2. The van der Waals surface area contributed by atoms with E-state index in [0.717, 1.165) is 6.42 Å². The van der Waals surface area contributed by atoms with Crippen LogP contribution in [-0.4, -0.2) is 42.9 Å². The third-order valence-corrected chi connectivity index (χ3v) is 3.55. The van der Waals surface area contributed by atoms with Crippen LogP contribution in [0.2, 0.25) is 0 Å². The van der Waals surface area contributed by atoms with Crippen LogP contribution in [0.15, 0.2) is 31.0 Å². The molecule has 124 valence electrons. The molecular weight excluding hydrogens is 294 g/mol. The molecule has 2 aromatic heterocycles. The fourth-order valence-electron chi connectivity index (χ4n) is 2.07. The van der Waals surface area contributed by atoms with Crippen molar-refractivity contribution in [1.82, 2.24) is 25.1 Å². The Morgan fingerprint density at radius 3 is 2.91 bits per heavy atom. The number of carbonyl (C=O) groups excluding carboxylic acids is 1. The molecule has 0 aromatic carbocycles. The van der Waals surface area contributed by atoms with Crippen LogP contribution in [0.3, 0.4) is 0 Å². The van der Waals surface area contributed by atoms with E-state index in [1.54, 1.807) is 25.3 Å². The van der Waals surface area contributed by atoms with Gasteiger partial charge in [-0.2, -0.15) is 5.10 Å². The van der Waals surface area contributed by atoms with E-state index in [0.29, 0.717) is 23.7 Å². The molecular formula is C16H23N5O2. The fraction of sp³-hybridized carbons (Fsp3) is 0.500. The molecule has 1 unspecified atom stereocenters. The quantitative estimate of drug-likeness (QED) is 0.809. The molecule has 0 spiro atoms. The van der Waals surface area contributed by atoms with Crippen LogP contribution in [0.25, 0.3) is 5.82 Å². The molecule has 0 aliphatic heterocycles. The Labute approximate surface area is 135 Å². The SMILES string of the molecule is CC(C)CCC(C)(O)CNC(=O)c1ccnc(-n2cncn2)c1. The summed E-state index contributed by atoms with van der Waals surface area (Å²) in [6.45, 7) is 6.16. The van der Waals surface area contributed by atoms with E-state index in [2.05, 4.69) is 34.2 Å². The highest BCUT2D eigenvalue weighted by molar-refractivity contribution is 5.94. The zero-order valence-electron chi connectivity index (χ0n) is 13.7. The van der Waals surface area contributed by atoms with Crippen LogP contribution in [0.4, 0.5) is 0 Å². The Morgan fingerprint density at radius 1 is 1.48 bits per heavy atom. The van der Waals surface area contributed by atoms with Crippen molar-refractivity contribution in [3.63, 3.8) is 0 Å². The molecule has 0 saturated carbocycles. The third kappa shape index (κ3) is 5.14. The molecule has 0 saturated heterocycles. The van der Waals surface area contributed by atoms with Gasteiger partial charge in [0.2, 0.25) is 0 Å². The Hall–Kier alpha value is -2.28. The zero-order valence-corrected chi connectivity index (χ0v) is 13.7. The van der Waals surface area contributed by atoms with E-state index in [9.17, 15) is 9.90 Å². The van der Waals surface area contributed by atoms with Gasteiger partial charge in [-0.1, -0.05) is 13.8 Å². The standard InChI is InChI=1S/C16H23N5O2/c1-12(2)4-6-16(3,23)9-19-15(22)13-5-7-18-14(8-13)21-11-17-10-20-21/h5,7-8,10-12,23H,4,6,9H2,1-3H3,(H,19,22). The molecule has 0 fully saturated rings. The van der Waals surface area contributed by atoms with Crippen LogP contribution in [0, 0.1) is 5.92 Å². The van der Waals surface area contributed by atoms with Gasteiger partial charge in [0.15, 0.2) is 5.82 Å². The normalized spacial score (nSPS) is 13.8. The summed E-state index contributed by atoms with van der Waals surface area (Å²) in [5, 5.41) is 17.1. The molecule has 1 amide bonds. The molecule has 2 heterocycles. The number of pyridine rings is 1. The van der Waals surface area contributed by atoms with Crippen LogP contribution in [0.5, 0.6) is 0 Å². The molecule has 23 heavy (non-hydrogen) atoms. The van der Waals surface area contributed by atoms with E-state index in [1.165, 1.54) is 17.3 Å². The number of amides is 1. The lowest BCUT2D eigenvalue weighted by Crippen LogP contribution is -2.40. The van der Waals surface area contributed by atoms with Crippen molar-refractivity contribution in [2.45, 2.75) is 39.2 Å².